The summed E-state index contributed by atoms with van der Waals surface area (Å²) in [5.74, 6) is -0.0715. The molecule has 4 aromatic rings. The first-order valence-corrected chi connectivity index (χ1v) is 12.2. The molecule has 7 rings (SSSR count). The quantitative estimate of drug-likeness (QED) is 0.422. The molecule has 9 heteroatoms. The van der Waals surface area contributed by atoms with Crippen molar-refractivity contribution in [1.82, 2.24) is 29.2 Å². The zero-order chi connectivity index (χ0) is 23.9. The van der Waals surface area contributed by atoms with Gasteiger partial charge in [-0.2, -0.15) is 0 Å². The van der Waals surface area contributed by atoms with Crippen LogP contribution >= 0.6 is 11.6 Å². The number of hydrogen-bond acceptors (Lipinski definition) is 5. The normalized spacial score (nSPS) is 20.3. The number of benzene rings is 1. The van der Waals surface area contributed by atoms with Crippen LogP contribution in [0.3, 0.4) is 0 Å². The maximum atomic E-state index is 14.4. The van der Waals surface area contributed by atoms with Crippen molar-refractivity contribution < 1.29 is 9.18 Å². The maximum absolute atomic E-state index is 14.4. The molecule has 1 aromatic carbocycles. The largest absolute Gasteiger partial charge is 0.334 e. The molecule has 0 saturated carbocycles. The van der Waals surface area contributed by atoms with E-state index in [0.29, 0.717) is 29.9 Å². The molecule has 2 bridgehead atoms. The predicted molar refractivity (Wildman–Crippen MR) is 131 cm³/mol. The van der Waals surface area contributed by atoms with Gasteiger partial charge in [-0.25, -0.2) is 14.4 Å². The maximum Gasteiger partial charge on any atom is 0.257 e. The van der Waals surface area contributed by atoms with Gasteiger partial charge in [0.2, 0.25) is 5.78 Å². The smallest absolute Gasteiger partial charge is 0.257 e. The van der Waals surface area contributed by atoms with Gasteiger partial charge < -0.3 is 4.90 Å². The lowest BCUT2D eigenvalue weighted by atomic mass is 9.98. The number of imidazole rings is 1. The van der Waals surface area contributed by atoms with Crippen LogP contribution < -0.4 is 0 Å². The summed E-state index contributed by atoms with van der Waals surface area (Å²) in [6, 6.07) is 12.2. The van der Waals surface area contributed by atoms with Crippen LogP contribution in [0.5, 0.6) is 0 Å². The first-order valence-electron chi connectivity index (χ1n) is 11.8. The summed E-state index contributed by atoms with van der Waals surface area (Å²) in [5, 5.41) is 0.571. The van der Waals surface area contributed by atoms with Crippen molar-refractivity contribution in [3.63, 3.8) is 0 Å². The molecule has 35 heavy (non-hydrogen) atoms. The number of aromatic nitrogens is 4. The third-order valence-corrected chi connectivity index (χ3v) is 7.35. The molecular formula is C26H24ClFN6O. The fourth-order valence-electron chi connectivity index (χ4n) is 5.38. The van der Waals surface area contributed by atoms with Crippen LogP contribution in [0.2, 0.25) is 5.02 Å². The van der Waals surface area contributed by atoms with E-state index in [1.807, 2.05) is 33.7 Å². The molecule has 0 radical (unpaired) electrons. The van der Waals surface area contributed by atoms with E-state index in [-0.39, 0.29) is 17.5 Å². The second-order valence-electron chi connectivity index (χ2n) is 9.14. The van der Waals surface area contributed by atoms with Gasteiger partial charge >= 0.3 is 0 Å². The van der Waals surface area contributed by atoms with Crippen LogP contribution in [0.4, 0.5) is 4.39 Å². The van der Waals surface area contributed by atoms with Gasteiger partial charge in [-0.15, -0.1) is 0 Å². The number of piperidine rings is 1. The topological polar surface area (TPSA) is 66.6 Å². The molecule has 1 amide bonds. The first kappa shape index (κ1) is 22.1. The Bertz CT molecular complexity index is 1390. The number of pyridine rings is 1. The predicted octanol–water partition coefficient (Wildman–Crippen LogP) is 4.46. The average molecular weight is 491 g/mol. The molecule has 0 aliphatic carbocycles. The number of amides is 1. The highest BCUT2D eigenvalue weighted by Gasteiger charge is 2.39. The second-order valence-corrected chi connectivity index (χ2v) is 9.58. The number of hydrogen-bond donors (Lipinski definition) is 0. The average Bonchev–Trinajstić information content (AvgIpc) is 3.00. The molecule has 3 aliphatic rings. The highest BCUT2D eigenvalue weighted by molar-refractivity contribution is 6.30. The minimum atomic E-state index is -0.466. The van der Waals surface area contributed by atoms with Crippen molar-refractivity contribution in [1.29, 1.82) is 0 Å². The summed E-state index contributed by atoms with van der Waals surface area (Å²) >= 11 is 6.06. The summed E-state index contributed by atoms with van der Waals surface area (Å²) in [7, 11) is 0. The molecule has 7 nitrogen and oxygen atoms in total. The van der Waals surface area contributed by atoms with E-state index >= 15 is 0 Å². The van der Waals surface area contributed by atoms with Crippen LogP contribution in [0.25, 0.3) is 17.2 Å². The lowest BCUT2D eigenvalue weighted by Gasteiger charge is -2.38. The summed E-state index contributed by atoms with van der Waals surface area (Å²) in [4.78, 5) is 31.3. The van der Waals surface area contributed by atoms with E-state index < -0.39 is 5.82 Å². The van der Waals surface area contributed by atoms with E-state index in [1.54, 1.807) is 30.6 Å². The van der Waals surface area contributed by atoms with Gasteiger partial charge in [-0.1, -0.05) is 23.7 Å². The van der Waals surface area contributed by atoms with Crippen molar-refractivity contribution in [2.75, 3.05) is 13.1 Å². The molecule has 2 unspecified atom stereocenters. The van der Waals surface area contributed by atoms with E-state index in [0.717, 1.165) is 42.9 Å². The standard InChI is InChI=1S/C26H24ClFN6O/c27-17-6-9-22(30-14-17)24-23(34-12-3-11-29-26(34)31-24)16-32-15-19-8-7-18(32)10-13-33(19)25(35)20-4-1-2-5-21(20)28/h1-6,9,11-12,14,18-19H,7-8,10,13,15-16H2. The minimum absolute atomic E-state index is 0.0373. The van der Waals surface area contributed by atoms with E-state index in [9.17, 15) is 9.18 Å². The van der Waals surface area contributed by atoms with Gasteiger partial charge in [-0.3, -0.25) is 19.1 Å². The molecule has 3 saturated heterocycles. The van der Waals surface area contributed by atoms with Gasteiger partial charge in [0.1, 0.15) is 11.5 Å². The van der Waals surface area contributed by atoms with Gasteiger partial charge in [-0.05, 0) is 49.6 Å². The van der Waals surface area contributed by atoms with Crippen LogP contribution in [-0.2, 0) is 6.54 Å². The Morgan fingerprint density at radius 1 is 1.06 bits per heavy atom. The number of carbonyl (C=O) groups excluding carboxylic acids is 1. The van der Waals surface area contributed by atoms with Crippen LogP contribution in [0.1, 0.15) is 35.3 Å². The van der Waals surface area contributed by atoms with E-state index in [4.69, 9.17) is 16.6 Å². The molecule has 3 aliphatic heterocycles. The number of fused-ring (bicyclic) bond motifs is 5. The fourth-order valence-corrected chi connectivity index (χ4v) is 5.49. The zero-order valence-electron chi connectivity index (χ0n) is 19.0. The molecule has 0 spiro atoms. The highest BCUT2D eigenvalue weighted by atomic mass is 35.5. The first-order chi connectivity index (χ1) is 17.1. The molecule has 178 valence electrons. The molecule has 6 heterocycles. The SMILES string of the molecule is O=C(c1ccccc1F)N1CCC2CCC1CN2Cc1c(-c2ccc(Cl)cn2)nc2ncccn12. The van der Waals surface area contributed by atoms with Crippen molar-refractivity contribution >= 4 is 23.3 Å². The molecule has 0 N–H and O–H groups in total. The minimum Gasteiger partial charge on any atom is -0.334 e. The van der Waals surface area contributed by atoms with E-state index in [2.05, 4.69) is 14.9 Å². The number of nitrogens with zero attached hydrogens (tertiary/aromatic N) is 6. The summed E-state index contributed by atoms with van der Waals surface area (Å²) in [6.45, 7) is 2.00. The van der Waals surface area contributed by atoms with Crippen LogP contribution in [0, 0.1) is 5.82 Å². The van der Waals surface area contributed by atoms with Crippen molar-refractivity contribution in [2.24, 2.45) is 0 Å². The third-order valence-electron chi connectivity index (χ3n) is 7.13. The Hall–Kier alpha value is -3.36. The van der Waals surface area contributed by atoms with Gasteiger partial charge in [0, 0.05) is 50.3 Å². The molecule has 2 atom stereocenters. The van der Waals surface area contributed by atoms with Gasteiger partial charge in [0.25, 0.3) is 5.91 Å². The van der Waals surface area contributed by atoms with Crippen molar-refractivity contribution in [3.05, 3.63) is 83.2 Å². The number of rotatable bonds is 4. The van der Waals surface area contributed by atoms with Crippen molar-refractivity contribution in [2.45, 2.75) is 37.9 Å². The monoisotopic (exact) mass is 490 g/mol. The Morgan fingerprint density at radius 2 is 1.91 bits per heavy atom. The number of halogens is 2. The third kappa shape index (κ3) is 4.06. The fraction of sp³-hybridized carbons (Fsp3) is 0.308. The van der Waals surface area contributed by atoms with Crippen LogP contribution in [-0.4, -0.2) is 60.2 Å². The number of carbonyl (C=O) groups is 1. The zero-order valence-corrected chi connectivity index (χ0v) is 19.8. The van der Waals surface area contributed by atoms with Gasteiger partial charge in [0.15, 0.2) is 0 Å². The molecule has 3 fully saturated rings. The van der Waals surface area contributed by atoms with E-state index in [1.165, 1.54) is 6.07 Å². The lowest BCUT2D eigenvalue weighted by molar-refractivity contribution is 0.0599. The van der Waals surface area contributed by atoms with Crippen molar-refractivity contribution in [3.8, 4) is 11.4 Å². The summed E-state index contributed by atoms with van der Waals surface area (Å²) in [6.07, 6.45) is 8.08. The summed E-state index contributed by atoms with van der Waals surface area (Å²) in [5.41, 5.74) is 2.67. The Labute approximate surface area is 207 Å². The van der Waals surface area contributed by atoms with Gasteiger partial charge in [0.05, 0.1) is 22.0 Å². The molecule has 3 aromatic heterocycles. The van der Waals surface area contributed by atoms with Crippen LogP contribution in [0.15, 0.2) is 61.1 Å². The Balaban J connectivity index is 1.31. The highest BCUT2D eigenvalue weighted by Crippen LogP contribution is 2.33. The summed E-state index contributed by atoms with van der Waals surface area (Å²) < 4.78 is 16.4. The Morgan fingerprint density at radius 3 is 2.74 bits per heavy atom. The Kier molecular flexibility index (Phi) is 5.70. The second kappa shape index (κ2) is 9.02. The lowest BCUT2D eigenvalue weighted by Crippen LogP contribution is -2.48. The molecular weight excluding hydrogens is 467 g/mol.